The van der Waals surface area contributed by atoms with Crippen LogP contribution >= 0.6 is 11.8 Å². The van der Waals surface area contributed by atoms with Crippen LogP contribution < -0.4 is 11.1 Å². The third-order valence-electron chi connectivity index (χ3n) is 3.01. The van der Waals surface area contributed by atoms with Crippen molar-refractivity contribution >= 4 is 29.6 Å². The standard InChI is InChI=1S/C14H17N5O3S/c1-22-12(21)10(9-5-3-2-4-6-9)7-16-11(20)8-23-14-17-13(15)18-19-14/h2-6,10H,7-8H2,1H3,(H,16,20)(H3,15,17,18,19)/t10-/m1/s1. The topological polar surface area (TPSA) is 123 Å². The number of methoxy groups -OCH3 is 1. The number of benzene rings is 1. The van der Waals surface area contributed by atoms with Gasteiger partial charge in [0.1, 0.15) is 0 Å². The Bertz CT molecular complexity index is 661. The fourth-order valence-electron chi connectivity index (χ4n) is 1.88. The van der Waals surface area contributed by atoms with Crippen molar-refractivity contribution < 1.29 is 14.3 Å². The van der Waals surface area contributed by atoms with Gasteiger partial charge in [-0.25, -0.2) is 5.10 Å². The SMILES string of the molecule is COC(=O)[C@H](CNC(=O)CSc1n[nH]c(N)n1)c1ccccc1. The lowest BCUT2D eigenvalue weighted by Gasteiger charge is -2.15. The van der Waals surface area contributed by atoms with Crippen LogP contribution in [0.2, 0.25) is 0 Å². The number of hydrogen-bond acceptors (Lipinski definition) is 7. The highest BCUT2D eigenvalue weighted by Gasteiger charge is 2.22. The molecule has 122 valence electrons. The second kappa shape index (κ2) is 8.18. The normalized spacial score (nSPS) is 11.7. The lowest BCUT2D eigenvalue weighted by molar-refractivity contribution is -0.142. The van der Waals surface area contributed by atoms with E-state index in [4.69, 9.17) is 10.5 Å². The first kappa shape index (κ1) is 16.8. The van der Waals surface area contributed by atoms with Crippen LogP contribution in [0.25, 0.3) is 0 Å². The van der Waals surface area contributed by atoms with E-state index in [-0.39, 0.29) is 24.2 Å². The maximum absolute atomic E-state index is 11.9. The lowest BCUT2D eigenvalue weighted by Crippen LogP contribution is -2.33. The number of nitrogen functional groups attached to an aromatic ring is 1. The molecule has 0 aliphatic rings. The average Bonchev–Trinajstić information content (AvgIpc) is 2.99. The van der Waals surface area contributed by atoms with Crippen molar-refractivity contribution in [1.29, 1.82) is 0 Å². The maximum atomic E-state index is 11.9. The van der Waals surface area contributed by atoms with Gasteiger partial charge in [-0.15, -0.1) is 5.10 Å². The van der Waals surface area contributed by atoms with E-state index >= 15 is 0 Å². The predicted molar refractivity (Wildman–Crippen MR) is 85.7 cm³/mol. The molecule has 0 aliphatic heterocycles. The summed E-state index contributed by atoms with van der Waals surface area (Å²) in [5.74, 6) is -0.855. The predicted octanol–water partition coefficient (Wildman–Crippen LogP) is 0.552. The molecule has 1 heterocycles. The Kier molecular flexibility index (Phi) is 5.98. The number of nitrogens with two attached hydrogens (primary N) is 1. The second-order valence-corrected chi connectivity index (χ2v) is 5.52. The Morgan fingerprint density at radius 3 is 2.74 bits per heavy atom. The van der Waals surface area contributed by atoms with Gasteiger partial charge in [0.05, 0.1) is 18.8 Å². The zero-order chi connectivity index (χ0) is 16.7. The molecule has 0 saturated heterocycles. The van der Waals surface area contributed by atoms with Gasteiger partial charge in [0.15, 0.2) is 0 Å². The van der Waals surface area contributed by atoms with Gasteiger partial charge in [0, 0.05) is 6.54 Å². The van der Waals surface area contributed by atoms with Gasteiger partial charge in [0.2, 0.25) is 17.0 Å². The van der Waals surface area contributed by atoms with Crippen LogP contribution in [0.5, 0.6) is 0 Å². The summed E-state index contributed by atoms with van der Waals surface area (Å²) < 4.78 is 4.80. The summed E-state index contributed by atoms with van der Waals surface area (Å²) in [4.78, 5) is 27.7. The van der Waals surface area contributed by atoms with Gasteiger partial charge in [0.25, 0.3) is 0 Å². The van der Waals surface area contributed by atoms with Crippen LogP contribution in [0.4, 0.5) is 5.95 Å². The monoisotopic (exact) mass is 335 g/mol. The summed E-state index contributed by atoms with van der Waals surface area (Å²) in [5.41, 5.74) is 6.19. The number of H-pyrrole nitrogens is 1. The van der Waals surface area contributed by atoms with Gasteiger partial charge in [-0.05, 0) is 5.56 Å². The van der Waals surface area contributed by atoms with Crippen molar-refractivity contribution in [3.8, 4) is 0 Å². The highest BCUT2D eigenvalue weighted by molar-refractivity contribution is 7.99. The van der Waals surface area contributed by atoms with Crippen LogP contribution in [-0.4, -0.2) is 46.5 Å². The average molecular weight is 335 g/mol. The van der Waals surface area contributed by atoms with Crippen molar-refractivity contribution in [1.82, 2.24) is 20.5 Å². The molecule has 1 amide bonds. The molecule has 8 nitrogen and oxygen atoms in total. The molecule has 0 radical (unpaired) electrons. The van der Waals surface area contributed by atoms with Crippen LogP contribution in [-0.2, 0) is 14.3 Å². The molecule has 9 heteroatoms. The molecule has 23 heavy (non-hydrogen) atoms. The molecule has 1 aromatic carbocycles. The van der Waals surface area contributed by atoms with E-state index < -0.39 is 11.9 Å². The molecule has 2 rings (SSSR count). The van der Waals surface area contributed by atoms with E-state index in [1.165, 1.54) is 7.11 Å². The number of amides is 1. The number of ether oxygens (including phenoxy) is 1. The maximum Gasteiger partial charge on any atom is 0.314 e. The highest BCUT2D eigenvalue weighted by Crippen LogP contribution is 2.17. The number of aromatic amines is 1. The van der Waals surface area contributed by atoms with Crippen molar-refractivity contribution in [2.24, 2.45) is 0 Å². The molecule has 0 bridgehead atoms. The molecule has 0 unspecified atom stereocenters. The Hall–Kier alpha value is -2.55. The van der Waals surface area contributed by atoms with Gasteiger partial charge >= 0.3 is 5.97 Å². The van der Waals surface area contributed by atoms with Crippen molar-refractivity contribution in [3.05, 3.63) is 35.9 Å². The first-order valence-corrected chi connectivity index (χ1v) is 7.79. The molecule has 0 aliphatic carbocycles. The number of carbonyl (C=O) groups excluding carboxylic acids is 2. The second-order valence-electron chi connectivity index (χ2n) is 4.58. The van der Waals surface area contributed by atoms with Gasteiger partial charge < -0.3 is 15.8 Å². The summed E-state index contributed by atoms with van der Waals surface area (Å²) in [6.07, 6.45) is 0. The van der Waals surface area contributed by atoms with Crippen molar-refractivity contribution in [3.63, 3.8) is 0 Å². The summed E-state index contributed by atoms with van der Waals surface area (Å²) in [6.45, 7) is 0.159. The number of esters is 1. The number of hydrogen-bond donors (Lipinski definition) is 3. The smallest absolute Gasteiger partial charge is 0.314 e. The van der Waals surface area contributed by atoms with E-state index in [0.29, 0.717) is 5.16 Å². The molecule has 4 N–H and O–H groups in total. The van der Waals surface area contributed by atoms with Crippen LogP contribution in [0.15, 0.2) is 35.5 Å². The van der Waals surface area contributed by atoms with Crippen LogP contribution in [0, 0.1) is 0 Å². The van der Waals surface area contributed by atoms with Crippen LogP contribution in [0.1, 0.15) is 11.5 Å². The van der Waals surface area contributed by atoms with Gasteiger partial charge in [-0.1, -0.05) is 42.1 Å². The summed E-state index contributed by atoms with van der Waals surface area (Å²) in [7, 11) is 1.32. The van der Waals surface area contributed by atoms with Gasteiger partial charge in [-0.3, -0.25) is 9.59 Å². The number of nitrogens with zero attached hydrogens (tertiary/aromatic N) is 2. The number of anilines is 1. The zero-order valence-electron chi connectivity index (χ0n) is 12.5. The third-order valence-corrected chi connectivity index (χ3v) is 3.85. The first-order chi connectivity index (χ1) is 11.1. The minimum Gasteiger partial charge on any atom is -0.468 e. The Balaban J connectivity index is 1.88. The molecular formula is C14H17N5O3S. The zero-order valence-corrected chi connectivity index (χ0v) is 13.3. The Labute approximate surface area is 137 Å². The van der Waals surface area contributed by atoms with E-state index in [2.05, 4.69) is 20.5 Å². The molecule has 0 fully saturated rings. The Morgan fingerprint density at radius 1 is 1.39 bits per heavy atom. The largest absolute Gasteiger partial charge is 0.468 e. The molecule has 1 atom stereocenters. The molecule has 0 spiro atoms. The van der Waals surface area contributed by atoms with E-state index in [0.717, 1.165) is 17.3 Å². The summed E-state index contributed by atoms with van der Waals surface area (Å²) in [6, 6.07) is 9.15. The van der Waals surface area contributed by atoms with Gasteiger partial charge in [-0.2, -0.15) is 4.98 Å². The van der Waals surface area contributed by atoms with E-state index in [9.17, 15) is 9.59 Å². The van der Waals surface area contributed by atoms with E-state index in [1.807, 2.05) is 30.3 Å². The molecule has 2 aromatic rings. The number of nitrogens with one attached hydrogen (secondary N) is 2. The number of aromatic nitrogens is 3. The van der Waals surface area contributed by atoms with Crippen molar-refractivity contribution in [2.45, 2.75) is 11.1 Å². The first-order valence-electron chi connectivity index (χ1n) is 6.80. The fraction of sp³-hybridized carbons (Fsp3) is 0.286. The van der Waals surface area contributed by atoms with Crippen molar-refractivity contribution in [2.75, 3.05) is 25.1 Å². The lowest BCUT2D eigenvalue weighted by atomic mass is 9.99. The minimum atomic E-state index is -0.547. The highest BCUT2D eigenvalue weighted by atomic mass is 32.2. The fourth-order valence-corrected chi connectivity index (χ4v) is 2.52. The van der Waals surface area contributed by atoms with Crippen LogP contribution in [0.3, 0.4) is 0 Å². The third kappa shape index (κ3) is 4.99. The number of carbonyl (C=O) groups is 2. The molecule has 1 aromatic heterocycles. The quantitative estimate of drug-likeness (QED) is 0.499. The Morgan fingerprint density at radius 2 is 2.13 bits per heavy atom. The number of thioether (sulfide) groups is 1. The minimum absolute atomic E-state index is 0.125. The number of rotatable bonds is 7. The molecule has 0 saturated carbocycles. The summed E-state index contributed by atoms with van der Waals surface area (Å²) >= 11 is 1.15. The van der Waals surface area contributed by atoms with E-state index in [1.54, 1.807) is 0 Å². The summed E-state index contributed by atoms with van der Waals surface area (Å²) in [5, 5.41) is 9.42. The molecular weight excluding hydrogens is 318 g/mol.